The van der Waals surface area contributed by atoms with Crippen LogP contribution in [-0.2, 0) is 16.3 Å². The molecule has 7 nitrogen and oxygen atoms in total. The first-order chi connectivity index (χ1) is 14.2. The summed E-state index contributed by atoms with van der Waals surface area (Å²) >= 11 is 0. The van der Waals surface area contributed by atoms with Crippen LogP contribution in [0.1, 0.15) is 41.3 Å². The maximum Gasteiger partial charge on any atom is 0.276 e. The third-order valence-electron chi connectivity index (χ3n) is 4.40. The SMILES string of the molecule is CCCC1=CC(CNc2ccccc2C(=O)NOCc2ccc(C#N)cc2)ON1. The molecule has 3 N–H and O–H groups in total. The Morgan fingerprint density at radius 2 is 2.03 bits per heavy atom. The number of nitrogens with one attached hydrogen (secondary N) is 3. The molecule has 0 saturated carbocycles. The number of allylic oxidation sites excluding steroid dienone is 1. The summed E-state index contributed by atoms with van der Waals surface area (Å²) in [5.41, 5.74) is 9.11. The van der Waals surface area contributed by atoms with E-state index in [1.165, 1.54) is 0 Å². The van der Waals surface area contributed by atoms with Crippen LogP contribution in [0.5, 0.6) is 0 Å². The zero-order valence-electron chi connectivity index (χ0n) is 16.3. The maximum absolute atomic E-state index is 12.5. The van der Waals surface area contributed by atoms with Crippen LogP contribution in [0, 0.1) is 11.3 Å². The second-order valence-electron chi connectivity index (χ2n) is 6.66. The number of amides is 1. The Morgan fingerprint density at radius 1 is 1.24 bits per heavy atom. The Kier molecular flexibility index (Phi) is 7.22. The number of nitrogens with zero attached hydrogens (tertiary/aromatic N) is 1. The Hall–Kier alpha value is -3.34. The third-order valence-corrected chi connectivity index (χ3v) is 4.40. The van der Waals surface area contributed by atoms with Crippen molar-refractivity contribution in [3.8, 4) is 6.07 Å². The number of carbonyl (C=O) groups excluding carboxylic acids is 1. The molecule has 1 atom stereocenters. The molecule has 150 valence electrons. The lowest BCUT2D eigenvalue weighted by atomic mass is 10.1. The molecular formula is C22H24N4O3. The smallest absolute Gasteiger partial charge is 0.276 e. The molecule has 0 saturated heterocycles. The molecule has 0 fully saturated rings. The number of hydroxylamine groups is 2. The van der Waals surface area contributed by atoms with E-state index in [1.54, 1.807) is 36.4 Å². The van der Waals surface area contributed by atoms with E-state index >= 15 is 0 Å². The molecule has 2 aromatic carbocycles. The molecule has 1 unspecified atom stereocenters. The number of benzene rings is 2. The number of hydrogen-bond donors (Lipinski definition) is 3. The lowest BCUT2D eigenvalue weighted by Gasteiger charge is -2.14. The molecule has 1 amide bonds. The monoisotopic (exact) mass is 392 g/mol. The van der Waals surface area contributed by atoms with E-state index in [-0.39, 0.29) is 18.6 Å². The van der Waals surface area contributed by atoms with E-state index in [1.807, 2.05) is 12.1 Å². The summed E-state index contributed by atoms with van der Waals surface area (Å²) in [6.45, 7) is 2.86. The zero-order chi connectivity index (χ0) is 20.5. The Labute approximate surface area is 170 Å². The fourth-order valence-corrected chi connectivity index (χ4v) is 2.91. The number of hydrogen-bond acceptors (Lipinski definition) is 6. The van der Waals surface area contributed by atoms with Crippen LogP contribution < -0.4 is 16.3 Å². The quantitative estimate of drug-likeness (QED) is 0.566. The summed E-state index contributed by atoms with van der Waals surface area (Å²) in [5, 5.41) is 12.1. The lowest BCUT2D eigenvalue weighted by molar-refractivity contribution is 0.0234. The molecule has 29 heavy (non-hydrogen) atoms. The van der Waals surface area contributed by atoms with Gasteiger partial charge < -0.3 is 5.32 Å². The molecule has 7 heteroatoms. The Balaban J connectivity index is 1.52. The zero-order valence-corrected chi connectivity index (χ0v) is 16.3. The summed E-state index contributed by atoms with van der Waals surface area (Å²) < 4.78 is 0. The fraction of sp³-hybridized carbons (Fsp3) is 0.273. The van der Waals surface area contributed by atoms with Crippen LogP contribution >= 0.6 is 0 Å². The molecule has 3 rings (SSSR count). The van der Waals surface area contributed by atoms with Crippen molar-refractivity contribution in [1.29, 1.82) is 5.26 Å². The molecule has 0 aromatic heterocycles. The highest BCUT2D eigenvalue weighted by Crippen LogP contribution is 2.17. The fourth-order valence-electron chi connectivity index (χ4n) is 2.91. The van der Waals surface area contributed by atoms with Crippen LogP contribution in [-0.4, -0.2) is 18.6 Å². The van der Waals surface area contributed by atoms with Crippen LogP contribution in [0.3, 0.4) is 0 Å². The molecule has 0 bridgehead atoms. The van der Waals surface area contributed by atoms with Gasteiger partial charge in [-0.15, -0.1) is 0 Å². The number of anilines is 1. The summed E-state index contributed by atoms with van der Waals surface area (Å²) in [4.78, 5) is 23.4. The van der Waals surface area contributed by atoms with E-state index in [9.17, 15) is 4.79 Å². The minimum Gasteiger partial charge on any atom is -0.381 e. The van der Waals surface area contributed by atoms with E-state index in [0.29, 0.717) is 23.4 Å². The van der Waals surface area contributed by atoms with Gasteiger partial charge in [0.2, 0.25) is 0 Å². The van der Waals surface area contributed by atoms with Gasteiger partial charge in [0.05, 0.1) is 23.8 Å². The largest absolute Gasteiger partial charge is 0.381 e. The highest BCUT2D eigenvalue weighted by molar-refractivity contribution is 5.99. The molecule has 1 aliphatic rings. The van der Waals surface area contributed by atoms with Gasteiger partial charge >= 0.3 is 0 Å². The normalized spacial score (nSPS) is 15.2. The maximum atomic E-state index is 12.5. The van der Waals surface area contributed by atoms with Crippen molar-refractivity contribution in [2.24, 2.45) is 0 Å². The van der Waals surface area contributed by atoms with Crippen molar-refractivity contribution in [3.05, 3.63) is 77.0 Å². The second kappa shape index (κ2) is 10.3. The van der Waals surface area contributed by atoms with Crippen LogP contribution in [0.4, 0.5) is 5.69 Å². The van der Waals surface area contributed by atoms with E-state index < -0.39 is 0 Å². The third kappa shape index (κ3) is 5.82. The molecular weight excluding hydrogens is 368 g/mol. The van der Waals surface area contributed by atoms with Gasteiger partial charge in [-0.05, 0) is 42.3 Å². The van der Waals surface area contributed by atoms with Crippen molar-refractivity contribution >= 4 is 11.6 Å². The van der Waals surface area contributed by atoms with Gasteiger partial charge in [0, 0.05) is 17.9 Å². The number of nitriles is 1. The molecule has 1 heterocycles. The molecule has 1 aliphatic heterocycles. The van der Waals surface area contributed by atoms with Gasteiger partial charge in [-0.25, -0.2) is 5.48 Å². The molecule has 2 aromatic rings. The summed E-state index contributed by atoms with van der Waals surface area (Å²) in [6.07, 6.45) is 3.96. The van der Waals surface area contributed by atoms with E-state index in [0.717, 1.165) is 24.1 Å². The van der Waals surface area contributed by atoms with E-state index in [2.05, 4.69) is 35.3 Å². The average molecular weight is 392 g/mol. The van der Waals surface area contributed by atoms with Gasteiger partial charge in [0.1, 0.15) is 6.10 Å². The first-order valence-corrected chi connectivity index (χ1v) is 9.56. The van der Waals surface area contributed by atoms with Crippen molar-refractivity contribution in [2.45, 2.75) is 32.5 Å². The highest BCUT2D eigenvalue weighted by Gasteiger charge is 2.17. The van der Waals surface area contributed by atoms with Crippen molar-refractivity contribution in [3.63, 3.8) is 0 Å². The highest BCUT2D eigenvalue weighted by atomic mass is 16.7. The van der Waals surface area contributed by atoms with E-state index in [4.69, 9.17) is 14.9 Å². The van der Waals surface area contributed by atoms with Crippen molar-refractivity contribution in [1.82, 2.24) is 11.0 Å². The van der Waals surface area contributed by atoms with Crippen molar-refractivity contribution in [2.75, 3.05) is 11.9 Å². The first-order valence-electron chi connectivity index (χ1n) is 9.56. The molecule has 0 radical (unpaired) electrons. The van der Waals surface area contributed by atoms with Gasteiger partial charge in [0.25, 0.3) is 5.91 Å². The molecule has 0 spiro atoms. The number of carbonyl (C=O) groups is 1. The molecule has 0 aliphatic carbocycles. The minimum atomic E-state index is -0.338. The average Bonchev–Trinajstić information content (AvgIpc) is 3.20. The summed E-state index contributed by atoms with van der Waals surface area (Å²) in [5.74, 6) is -0.338. The standard InChI is InChI=1S/C22H24N4O3/c1-2-5-18-12-19(29-25-18)14-24-21-7-4-3-6-20(21)22(27)26-28-15-17-10-8-16(13-23)9-11-17/h3-4,6-12,19,24-25H,2,5,14-15H2,1H3,(H,26,27). The Morgan fingerprint density at radius 3 is 2.79 bits per heavy atom. The van der Waals surface area contributed by atoms with Gasteiger partial charge in [-0.3, -0.25) is 19.9 Å². The van der Waals surface area contributed by atoms with Crippen LogP contribution in [0.2, 0.25) is 0 Å². The lowest BCUT2D eigenvalue weighted by Crippen LogP contribution is -2.26. The van der Waals surface area contributed by atoms with Crippen LogP contribution in [0.25, 0.3) is 0 Å². The van der Waals surface area contributed by atoms with Gasteiger partial charge in [0.15, 0.2) is 0 Å². The predicted molar refractivity (Wildman–Crippen MR) is 109 cm³/mol. The summed E-state index contributed by atoms with van der Waals surface area (Å²) in [7, 11) is 0. The predicted octanol–water partition coefficient (Wildman–Crippen LogP) is 3.42. The van der Waals surface area contributed by atoms with Gasteiger partial charge in [-0.2, -0.15) is 5.26 Å². The number of para-hydroxylation sites is 1. The minimum absolute atomic E-state index is 0.0969. The second-order valence-corrected chi connectivity index (χ2v) is 6.66. The number of rotatable bonds is 9. The Bertz CT molecular complexity index is 903. The topological polar surface area (TPSA) is 95.4 Å². The summed E-state index contributed by atoms with van der Waals surface area (Å²) in [6, 6.07) is 16.3. The first kappa shape index (κ1) is 20.4. The van der Waals surface area contributed by atoms with Crippen molar-refractivity contribution < 1.29 is 14.5 Å². The van der Waals surface area contributed by atoms with Gasteiger partial charge in [-0.1, -0.05) is 37.6 Å². The van der Waals surface area contributed by atoms with Crippen LogP contribution in [0.15, 0.2) is 60.3 Å².